The zero-order chi connectivity index (χ0) is 12.7. The summed E-state index contributed by atoms with van der Waals surface area (Å²) in [6.07, 6.45) is 1.43. The summed E-state index contributed by atoms with van der Waals surface area (Å²) in [4.78, 5) is 15.9. The number of hydrogen-bond acceptors (Lipinski definition) is 3. The molecule has 0 aliphatic heterocycles. The molecule has 1 aromatic heterocycles. The van der Waals surface area contributed by atoms with Crippen LogP contribution in [0.1, 0.15) is 31.2 Å². The van der Waals surface area contributed by atoms with Gasteiger partial charge in [-0.15, -0.1) is 0 Å². The highest BCUT2D eigenvalue weighted by atomic mass is 16.1. The van der Waals surface area contributed by atoms with Crippen molar-refractivity contribution in [2.24, 2.45) is 5.92 Å². The Morgan fingerprint density at radius 1 is 1.59 bits per heavy atom. The summed E-state index contributed by atoms with van der Waals surface area (Å²) in [6.45, 7) is 4.24. The quantitative estimate of drug-likeness (QED) is 0.842. The monoisotopic (exact) mass is 231 g/mol. The fourth-order valence-electron chi connectivity index (χ4n) is 1.54. The van der Waals surface area contributed by atoms with Crippen LogP contribution in [0, 0.1) is 24.2 Å². The highest BCUT2D eigenvalue weighted by Crippen LogP contribution is 2.05. The largest absolute Gasteiger partial charge is 0.349 e. The molecule has 90 valence electrons. The van der Waals surface area contributed by atoms with Crippen molar-refractivity contribution < 1.29 is 4.79 Å². The van der Waals surface area contributed by atoms with Crippen molar-refractivity contribution >= 4 is 5.91 Å². The SMILES string of the molecule is CCCC(C#N)C(=O)NCc1cccc(C)n1. The summed E-state index contributed by atoms with van der Waals surface area (Å²) in [7, 11) is 0. The van der Waals surface area contributed by atoms with Gasteiger partial charge >= 0.3 is 0 Å². The van der Waals surface area contributed by atoms with E-state index in [-0.39, 0.29) is 5.91 Å². The summed E-state index contributed by atoms with van der Waals surface area (Å²) in [5, 5.41) is 11.6. The number of aryl methyl sites for hydroxylation is 1. The molecule has 0 aromatic carbocycles. The summed E-state index contributed by atoms with van der Waals surface area (Å²) in [5.41, 5.74) is 1.73. The van der Waals surface area contributed by atoms with E-state index in [0.717, 1.165) is 17.8 Å². The van der Waals surface area contributed by atoms with Crippen LogP contribution >= 0.6 is 0 Å². The first kappa shape index (κ1) is 13.2. The number of carbonyl (C=O) groups excluding carboxylic acids is 1. The van der Waals surface area contributed by atoms with E-state index < -0.39 is 5.92 Å². The Morgan fingerprint density at radius 2 is 2.35 bits per heavy atom. The van der Waals surface area contributed by atoms with Gasteiger partial charge in [0.05, 0.1) is 18.3 Å². The molecule has 0 aliphatic carbocycles. The van der Waals surface area contributed by atoms with E-state index in [1.165, 1.54) is 0 Å². The first-order valence-corrected chi connectivity index (χ1v) is 5.77. The minimum atomic E-state index is -0.551. The number of carbonyl (C=O) groups is 1. The topological polar surface area (TPSA) is 65.8 Å². The van der Waals surface area contributed by atoms with Crippen LogP contribution in [0.25, 0.3) is 0 Å². The maximum absolute atomic E-state index is 11.7. The normalized spacial score (nSPS) is 11.6. The zero-order valence-corrected chi connectivity index (χ0v) is 10.2. The Hall–Kier alpha value is -1.89. The standard InChI is InChI=1S/C13H17N3O/c1-3-5-11(8-14)13(17)15-9-12-7-4-6-10(2)16-12/h4,6-7,11H,3,5,9H2,1-2H3,(H,15,17). The second-order valence-corrected chi connectivity index (χ2v) is 3.96. The third-order valence-corrected chi connectivity index (χ3v) is 2.44. The second-order valence-electron chi connectivity index (χ2n) is 3.96. The Bertz CT molecular complexity index is 423. The maximum atomic E-state index is 11.7. The number of rotatable bonds is 5. The average Bonchev–Trinajstić information content (AvgIpc) is 2.33. The maximum Gasteiger partial charge on any atom is 0.237 e. The van der Waals surface area contributed by atoms with Crippen LogP contribution in [0.4, 0.5) is 0 Å². The van der Waals surface area contributed by atoms with Gasteiger partial charge in [0.15, 0.2) is 0 Å². The molecule has 1 amide bonds. The predicted octanol–water partition coefficient (Wildman–Crippen LogP) is 1.95. The van der Waals surface area contributed by atoms with Crippen LogP contribution < -0.4 is 5.32 Å². The lowest BCUT2D eigenvalue weighted by Gasteiger charge is -2.09. The third-order valence-electron chi connectivity index (χ3n) is 2.44. The van der Waals surface area contributed by atoms with Crippen LogP contribution in [-0.2, 0) is 11.3 Å². The number of nitrogens with zero attached hydrogens (tertiary/aromatic N) is 2. The Balaban J connectivity index is 2.50. The highest BCUT2D eigenvalue weighted by Gasteiger charge is 2.15. The molecule has 1 unspecified atom stereocenters. The number of aromatic nitrogens is 1. The Labute approximate surface area is 102 Å². The minimum Gasteiger partial charge on any atom is -0.349 e. The third kappa shape index (κ3) is 4.23. The zero-order valence-electron chi connectivity index (χ0n) is 10.2. The van der Waals surface area contributed by atoms with Gasteiger partial charge in [0.25, 0.3) is 0 Å². The fraction of sp³-hybridized carbons (Fsp3) is 0.462. The Kier molecular flexibility index (Phi) is 5.15. The molecule has 4 nitrogen and oxygen atoms in total. The minimum absolute atomic E-state index is 0.211. The van der Waals surface area contributed by atoms with Gasteiger partial charge in [-0.05, 0) is 25.5 Å². The smallest absolute Gasteiger partial charge is 0.237 e. The molecule has 0 bridgehead atoms. The van der Waals surface area contributed by atoms with Gasteiger partial charge < -0.3 is 5.32 Å². The molecule has 1 atom stereocenters. The number of pyridine rings is 1. The molecule has 17 heavy (non-hydrogen) atoms. The van der Waals surface area contributed by atoms with Gasteiger partial charge in [0, 0.05) is 5.69 Å². The highest BCUT2D eigenvalue weighted by molar-refractivity contribution is 5.80. The van der Waals surface area contributed by atoms with Crippen molar-refractivity contribution in [1.29, 1.82) is 5.26 Å². The number of hydrogen-bond donors (Lipinski definition) is 1. The van der Waals surface area contributed by atoms with Gasteiger partial charge in [-0.25, -0.2) is 0 Å². The summed E-state index contributed by atoms with van der Waals surface area (Å²) in [6, 6.07) is 7.68. The molecular weight excluding hydrogens is 214 g/mol. The van der Waals surface area contributed by atoms with E-state index >= 15 is 0 Å². The van der Waals surface area contributed by atoms with E-state index in [0.29, 0.717) is 13.0 Å². The molecule has 0 radical (unpaired) electrons. The van der Waals surface area contributed by atoms with Gasteiger partial charge in [0.2, 0.25) is 5.91 Å². The molecule has 1 heterocycles. The summed E-state index contributed by atoms with van der Waals surface area (Å²) < 4.78 is 0. The summed E-state index contributed by atoms with van der Waals surface area (Å²) in [5.74, 6) is -0.762. The molecule has 4 heteroatoms. The van der Waals surface area contributed by atoms with E-state index in [1.54, 1.807) is 0 Å². The lowest BCUT2D eigenvalue weighted by molar-refractivity contribution is -0.123. The number of amides is 1. The first-order valence-electron chi connectivity index (χ1n) is 5.77. The van der Waals surface area contributed by atoms with E-state index in [9.17, 15) is 4.79 Å². The van der Waals surface area contributed by atoms with Crippen LogP contribution in [0.3, 0.4) is 0 Å². The van der Waals surface area contributed by atoms with Crippen LogP contribution in [0.15, 0.2) is 18.2 Å². The van der Waals surface area contributed by atoms with E-state index in [2.05, 4.69) is 10.3 Å². The van der Waals surface area contributed by atoms with Gasteiger partial charge in [0.1, 0.15) is 5.92 Å². The average molecular weight is 231 g/mol. The van der Waals surface area contributed by atoms with Crippen molar-refractivity contribution in [3.05, 3.63) is 29.6 Å². The molecule has 1 N–H and O–H groups in total. The lowest BCUT2D eigenvalue weighted by Crippen LogP contribution is -2.29. The van der Waals surface area contributed by atoms with E-state index in [1.807, 2.05) is 38.1 Å². The van der Waals surface area contributed by atoms with Crippen molar-refractivity contribution in [3.8, 4) is 6.07 Å². The summed E-state index contributed by atoms with van der Waals surface area (Å²) >= 11 is 0. The molecular formula is C13H17N3O. The molecule has 0 fully saturated rings. The van der Waals surface area contributed by atoms with Crippen molar-refractivity contribution in [3.63, 3.8) is 0 Å². The molecule has 1 rings (SSSR count). The van der Waals surface area contributed by atoms with Crippen LogP contribution in [-0.4, -0.2) is 10.9 Å². The van der Waals surface area contributed by atoms with Crippen molar-refractivity contribution in [2.75, 3.05) is 0 Å². The molecule has 0 spiro atoms. The molecule has 0 saturated carbocycles. The van der Waals surface area contributed by atoms with Gasteiger partial charge in [-0.2, -0.15) is 5.26 Å². The number of nitrogens with one attached hydrogen (secondary N) is 1. The van der Waals surface area contributed by atoms with Crippen LogP contribution in [0.5, 0.6) is 0 Å². The van der Waals surface area contributed by atoms with Crippen molar-refractivity contribution in [2.45, 2.75) is 33.2 Å². The molecule has 1 aromatic rings. The van der Waals surface area contributed by atoms with Gasteiger partial charge in [-0.1, -0.05) is 19.4 Å². The van der Waals surface area contributed by atoms with E-state index in [4.69, 9.17) is 5.26 Å². The lowest BCUT2D eigenvalue weighted by atomic mass is 10.1. The Morgan fingerprint density at radius 3 is 2.94 bits per heavy atom. The molecule has 0 saturated heterocycles. The molecule has 0 aliphatic rings. The first-order chi connectivity index (χ1) is 8.17. The van der Waals surface area contributed by atoms with Crippen molar-refractivity contribution in [1.82, 2.24) is 10.3 Å². The van der Waals surface area contributed by atoms with Crippen LogP contribution in [0.2, 0.25) is 0 Å². The second kappa shape index (κ2) is 6.64. The van der Waals surface area contributed by atoms with Gasteiger partial charge in [-0.3, -0.25) is 9.78 Å². The predicted molar refractivity (Wildman–Crippen MR) is 64.8 cm³/mol. The fourth-order valence-corrected chi connectivity index (χ4v) is 1.54. The number of nitriles is 1.